The van der Waals surface area contributed by atoms with E-state index in [0.29, 0.717) is 49.4 Å². The van der Waals surface area contributed by atoms with Gasteiger partial charge in [0.15, 0.2) is 0 Å². The summed E-state index contributed by atoms with van der Waals surface area (Å²) in [6, 6.07) is 13.8. The molecule has 2 aromatic rings. The van der Waals surface area contributed by atoms with E-state index in [9.17, 15) is 14.0 Å². The number of carbonyl (C=O) groups is 2. The fourth-order valence-corrected chi connectivity index (χ4v) is 3.76. The summed E-state index contributed by atoms with van der Waals surface area (Å²) in [6.07, 6.45) is 2.12. The fraction of sp³-hybridized carbons (Fsp3) is 0.417. The highest BCUT2D eigenvalue weighted by atomic mass is 19.1. The van der Waals surface area contributed by atoms with Gasteiger partial charge in [-0.3, -0.25) is 14.5 Å². The first-order valence-electron chi connectivity index (χ1n) is 10.7. The van der Waals surface area contributed by atoms with Gasteiger partial charge in [-0.2, -0.15) is 0 Å². The fourth-order valence-electron chi connectivity index (χ4n) is 3.76. The van der Waals surface area contributed by atoms with Gasteiger partial charge in [0.25, 0.3) is 5.91 Å². The third-order valence-corrected chi connectivity index (χ3v) is 5.55. The van der Waals surface area contributed by atoms with Crippen LogP contribution in [-0.2, 0) is 16.1 Å². The van der Waals surface area contributed by atoms with Crippen molar-refractivity contribution in [1.82, 2.24) is 10.2 Å². The lowest BCUT2D eigenvalue weighted by Gasteiger charge is -2.31. The number of benzene rings is 2. The SMILES string of the molecule is COCCCNC(=O)c1ccccc1NC(=O)C1CCN(Cc2ccccc2F)CC1. The molecule has 6 nitrogen and oxygen atoms in total. The van der Waals surface area contributed by atoms with E-state index in [4.69, 9.17) is 4.74 Å². The van der Waals surface area contributed by atoms with Crippen molar-refractivity contribution in [3.63, 3.8) is 0 Å². The van der Waals surface area contributed by atoms with Crippen LogP contribution in [0.4, 0.5) is 10.1 Å². The molecule has 2 amide bonds. The molecule has 0 aromatic heterocycles. The van der Waals surface area contributed by atoms with Gasteiger partial charge in [0.2, 0.25) is 5.91 Å². The van der Waals surface area contributed by atoms with Crippen LogP contribution in [0.1, 0.15) is 35.2 Å². The van der Waals surface area contributed by atoms with E-state index in [2.05, 4.69) is 15.5 Å². The van der Waals surface area contributed by atoms with Crippen LogP contribution in [-0.4, -0.2) is 50.1 Å². The largest absolute Gasteiger partial charge is 0.385 e. The highest BCUT2D eigenvalue weighted by Gasteiger charge is 2.26. The number of nitrogens with one attached hydrogen (secondary N) is 2. The molecule has 1 aliphatic heterocycles. The van der Waals surface area contributed by atoms with Gasteiger partial charge in [0.1, 0.15) is 5.82 Å². The summed E-state index contributed by atoms with van der Waals surface area (Å²) < 4.78 is 18.9. The zero-order chi connectivity index (χ0) is 22.1. The van der Waals surface area contributed by atoms with Gasteiger partial charge in [0.05, 0.1) is 11.3 Å². The number of halogens is 1. The van der Waals surface area contributed by atoms with Crippen LogP contribution in [0.2, 0.25) is 0 Å². The van der Waals surface area contributed by atoms with Gasteiger partial charge in [0, 0.05) is 38.3 Å². The van der Waals surface area contributed by atoms with Gasteiger partial charge in [-0.25, -0.2) is 4.39 Å². The number of hydrogen-bond donors (Lipinski definition) is 2. The first-order chi connectivity index (χ1) is 15.1. The number of para-hydroxylation sites is 1. The van der Waals surface area contributed by atoms with Gasteiger partial charge < -0.3 is 15.4 Å². The number of nitrogens with zero attached hydrogens (tertiary/aromatic N) is 1. The number of rotatable bonds is 9. The minimum atomic E-state index is -0.216. The average molecular weight is 428 g/mol. The molecular weight excluding hydrogens is 397 g/mol. The van der Waals surface area contributed by atoms with E-state index in [1.807, 2.05) is 6.07 Å². The molecule has 31 heavy (non-hydrogen) atoms. The van der Waals surface area contributed by atoms with Gasteiger partial charge >= 0.3 is 0 Å². The lowest BCUT2D eigenvalue weighted by molar-refractivity contribution is -0.121. The maximum atomic E-state index is 13.9. The molecule has 0 spiro atoms. The van der Waals surface area contributed by atoms with Crippen molar-refractivity contribution in [2.75, 3.05) is 38.7 Å². The van der Waals surface area contributed by atoms with Crippen molar-refractivity contribution in [2.45, 2.75) is 25.8 Å². The normalized spacial score (nSPS) is 14.9. The molecule has 7 heteroatoms. The van der Waals surface area contributed by atoms with Crippen LogP contribution < -0.4 is 10.6 Å². The minimum Gasteiger partial charge on any atom is -0.385 e. The van der Waals surface area contributed by atoms with Crippen LogP contribution in [0.15, 0.2) is 48.5 Å². The van der Waals surface area contributed by atoms with Gasteiger partial charge in [-0.05, 0) is 50.6 Å². The highest BCUT2D eigenvalue weighted by molar-refractivity contribution is 6.04. The number of hydrogen-bond acceptors (Lipinski definition) is 4. The van der Waals surface area contributed by atoms with Crippen LogP contribution in [0, 0.1) is 11.7 Å². The molecule has 0 bridgehead atoms. The second kappa shape index (κ2) is 11.6. The zero-order valence-electron chi connectivity index (χ0n) is 17.9. The summed E-state index contributed by atoms with van der Waals surface area (Å²) in [5.74, 6) is -0.619. The van der Waals surface area contributed by atoms with Crippen molar-refractivity contribution in [2.24, 2.45) is 5.92 Å². The predicted octanol–water partition coefficient (Wildman–Crippen LogP) is 3.44. The summed E-state index contributed by atoms with van der Waals surface area (Å²) in [7, 11) is 1.62. The summed E-state index contributed by atoms with van der Waals surface area (Å²) >= 11 is 0. The molecule has 0 saturated carbocycles. The Morgan fingerprint density at radius 2 is 1.81 bits per heavy atom. The predicted molar refractivity (Wildman–Crippen MR) is 118 cm³/mol. The Balaban J connectivity index is 1.52. The lowest BCUT2D eigenvalue weighted by atomic mass is 9.95. The third kappa shape index (κ3) is 6.60. The molecule has 3 rings (SSSR count). The van der Waals surface area contributed by atoms with E-state index >= 15 is 0 Å². The van der Waals surface area contributed by atoms with Crippen LogP contribution in [0.5, 0.6) is 0 Å². The molecule has 0 radical (unpaired) electrons. The number of likely N-dealkylation sites (tertiary alicyclic amines) is 1. The maximum Gasteiger partial charge on any atom is 0.253 e. The molecule has 1 aliphatic rings. The number of ether oxygens (including phenoxy) is 1. The Morgan fingerprint density at radius 1 is 1.10 bits per heavy atom. The highest BCUT2D eigenvalue weighted by Crippen LogP contribution is 2.23. The summed E-state index contributed by atoms with van der Waals surface area (Å²) in [6.45, 7) is 3.10. The number of anilines is 1. The zero-order valence-corrected chi connectivity index (χ0v) is 17.9. The molecular formula is C24H30FN3O3. The van der Waals surface area contributed by atoms with Crippen LogP contribution >= 0.6 is 0 Å². The Labute approximate surface area is 182 Å². The quantitative estimate of drug-likeness (QED) is 0.602. The molecule has 1 saturated heterocycles. The second-order valence-corrected chi connectivity index (χ2v) is 7.78. The number of methoxy groups -OCH3 is 1. The minimum absolute atomic E-state index is 0.0785. The van der Waals surface area contributed by atoms with Crippen molar-refractivity contribution in [3.8, 4) is 0 Å². The van der Waals surface area contributed by atoms with E-state index in [0.717, 1.165) is 19.5 Å². The molecule has 2 aromatic carbocycles. The number of carbonyl (C=O) groups excluding carboxylic acids is 2. The lowest BCUT2D eigenvalue weighted by Crippen LogP contribution is -2.38. The van der Waals surface area contributed by atoms with Crippen molar-refractivity contribution in [1.29, 1.82) is 0 Å². The smallest absolute Gasteiger partial charge is 0.253 e. The van der Waals surface area contributed by atoms with E-state index in [1.54, 1.807) is 43.5 Å². The van der Waals surface area contributed by atoms with E-state index < -0.39 is 0 Å². The van der Waals surface area contributed by atoms with Crippen molar-refractivity contribution in [3.05, 3.63) is 65.5 Å². The monoisotopic (exact) mass is 427 g/mol. The summed E-state index contributed by atoms with van der Waals surface area (Å²) in [5, 5.41) is 5.79. The third-order valence-electron chi connectivity index (χ3n) is 5.55. The van der Waals surface area contributed by atoms with Crippen LogP contribution in [0.25, 0.3) is 0 Å². The molecule has 0 aliphatic carbocycles. The molecule has 166 valence electrons. The first-order valence-corrected chi connectivity index (χ1v) is 10.7. The van der Waals surface area contributed by atoms with E-state index in [-0.39, 0.29) is 23.5 Å². The van der Waals surface area contributed by atoms with Crippen LogP contribution in [0.3, 0.4) is 0 Å². The Bertz CT molecular complexity index is 882. The van der Waals surface area contributed by atoms with E-state index in [1.165, 1.54) is 6.07 Å². The first kappa shape index (κ1) is 22.9. The molecule has 1 heterocycles. The number of amides is 2. The van der Waals surface area contributed by atoms with Crippen molar-refractivity contribution < 1.29 is 18.7 Å². The Hall–Kier alpha value is -2.77. The summed E-state index contributed by atoms with van der Waals surface area (Å²) in [4.78, 5) is 27.5. The average Bonchev–Trinajstić information content (AvgIpc) is 2.79. The van der Waals surface area contributed by atoms with Gasteiger partial charge in [-0.1, -0.05) is 30.3 Å². The van der Waals surface area contributed by atoms with Gasteiger partial charge in [-0.15, -0.1) is 0 Å². The Kier molecular flexibility index (Phi) is 8.55. The standard InChI is InChI=1S/C24H30FN3O3/c1-31-16-6-13-26-24(30)20-8-3-5-10-22(20)27-23(29)18-11-14-28(15-12-18)17-19-7-2-4-9-21(19)25/h2-5,7-10,18H,6,11-17H2,1H3,(H,26,30)(H,27,29). The molecule has 0 atom stereocenters. The topological polar surface area (TPSA) is 70.7 Å². The maximum absolute atomic E-state index is 13.9. The van der Waals surface area contributed by atoms with Crippen molar-refractivity contribution >= 4 is 17.5 Å². The molecule has 2 N–H and O–H groups in total. The number of piperidine rings is 1. The molecule has 1 fully saturated rings. The summed E-state index contributed by atoms with van der Waals surface area (Å²) in [5.41, 5.74) is 1.65. The molecule has 0 unspecified atom stereocenters. The second-order valence-electron chi connectivity index (χ2n) is 7.78. The Morgan fingerprint density at radius 3 is 2.55 bits per heavy atom.